The fourth-order valence-electron chi connectivity index (χ4n) is 2.26. The highest BCUT2D eigenvalue weighted by Crippen LogP contribution is 2.32. The van der Waals surface area contributed by atoms with Crippen LogP contribution in [0.2, 0.25) is 0 Å². The summed E-state index contributed by atoms with van der Waals surface area (Å²) in [5.41, 5.74) is 0. The predicted octanol–water partition coefficient (Wildman–Crippen LogP) is 2.31. The molecule has 0 unspecified atom stereocenters. The van der Waals surface area contributed by atoms with E-state index in [4.69, 9.17) is 9.47 Å². The summed E-state index contributed by atoms with van der Waals surface area (Å²) < 4.78 is 10.2. The Labute approximate surface area is 103 Å². The van der Waals surface area contributed by atoms with Gasteiger partial charge in [0.1, 0.15) is 0 Å². The standard InChI is InChI=1S/C13H22O4/c1-4-16-12(14)10-7-5-6-8-11(10)13(15)17-9(2)3/h9-11H,4-8H2,1-3H3/t10-,11-/m1/s1. The van der Waals surface area contributed by atoms with E-state index >= 15 is 0 Å². The number of esters is 2. The average molecular weight is 242 g/mol. The third-order valence-corrected chi connectivity index (χ3v) is 3.01. The van der Waals surface area contributed by atoms with E-state index in [1.165, 1.54) is 0 Å². The number of hydrogen-bond acceptors (Lipinski definition) is 4. The van der Waals surface area contributed by atoms with Crippen LogP contribution in [-0.2, 0) is 19.1 Å². The minimum Gasteiger partial charge on any atom is -0.466 e. The summed E-state index contributed by atoms with van der Waals surface area (Å²) >= 11 is 0. The molecule has 0 heterocycles. The molecular formula is C13H22O4. The molecule has 0 aliphatic heterocycles. The van der Waals surface area contributed by atoms with E-state index in [1.54, 1.807) is 6.92 Å². The van der Waals surface area contributed by atoms with E-state index in [9.17, 15) is 9.59 Å². The Morgan fingerprint density at radius 2 is 1.65 bits per heavy atom. The second-order valence-electron chi connectivity index (χ2n) is 4.74. The Kier molecular flexibility index (Phi) is 5.45. The average Bonchev–Trinajstić information content (AvgIpc) is 2.28. The molecule has 98 valence electrons. The van der Waals surface area contributed by atoms with Crippen LogP contribution in [0.15, 0.2) is 0 Å². The maximum atomic E-state index is 11.9. The zero-order valence-corrected chi connectivity index (χ0v) is 10.9. The minimum absolute atomic E-state index is 0.132. The largest absolute Gasteiger partial charge is 0.466 e. The van der Waals surface area contributed by atoms with Crippen LogP contribution in [0.5, 0.6) is 0 Å². The van der Waals surface area contributed by atoms with Crippen LogP contribution < -0.4 is 0 Å². The summed E-state index contributed by atoms with van der Waals surface area (Å²) in [7, 11) is 0. The van der Waals surface area contributed by atoms with E-state index < -0.39 is 0 Å². The topological polar surface area (TPSA) is 52.6 Å². The van der Waals surface area contributed by atoms with Gasteiger partial charge < -0.3 is 9.47 Å². The van der Waals surface area contributed by atoms with Gasteiger partial charge in [-0.15, -0.1) is 0 Å². The molecule has 0 radical (unpaired) electrons. The lowest BCUT2D eigenvalue weighted by Crippen LogP contribution is -2.35. The van der Waals surface area contributed by atoms with Gasteiger partial charge in [-0.3, -0.25) is 9.59 Å². The Morgan fingerprint density at radius 1 is 1.12 bits per heavy atom. The maximum Gasteiger partial charge on any atom is 0.310 e. The van der Waals surface area contributed by atoms with Crippen LogP contribution in [0.25, 0.3) is 0 Å². The molecule has 0 spiro atoms. The molecule has 1 fully saturated rings. The summed E-state index contributed by atoms with van der Waals surface area (Å²) in [5, 5.41) is 0. The lowest BCUT2D eigenvalue weighted by Gasteiger charge is -2.28. The molecule has 1 aliphatic carbocycles. The first-order chi connectivity index (χ1) is 8.06. The number of carbonyl (C=O) groups excluding carboxylic acids is 2. The van der Waals surface area contributed by atoms with Crippen molar-refractivity contribution in [3.05, 3.63) is 0 Å². The maximum absolute atomic E-state index is 11.9. The van der Waals surface area contributed by atoms with E-state index in [0.29, 0.717) is 6.61 Å². The first-order valence-electron chi connectivity index (χ1n) is 6.43. The highest BCUT2D eigenvalue weighted by atomic mass is 16.5. The van der Waals surface area contributed by atoms with E-state index in [2.05, 4.69) is 0 Å². The lowest BCUT2D eigenvalue weighted by atomic mass is 9.79. The molecule has 1 saturated carbocycles. The van der Waals surface area contributed by atoms with Crippen molar-refractivity contribution in [3.8, 4) is 0 Å². The zero-order valence-electron chi connectivity index (χ0n) is 10.9. The summed E-state index contributed by atoms with van der Waals surface area (Å²) in [6.45, 7) is 5.78. The summed E-state index contributed by atoms with van der Waals surface area (Å²) in [6, 6.07) is 0. The molecule has 2 atom stereocenters. The van der Waals surface area contributed by atoms with Crippen LogP contribution in [-0.4, -0.2) is 24.6 Å². The molecular weight excluding hydrogens is 220 g/mol. The van der Waals surface area contributed by atoms with Gasteiger partial charge in [0.05, 0.1) is 24.5 Å². The smallest absolute Gasteiger partial charge is 0.310 e. The van der Waals surface area contributed by atoms with Crippen molar-refractivity contribution in [3.63, 3.8) is 0 Å². The molecule has 1 rings (SSSR count). The SMILES string of the molecule is CCOC(=O)[C@@H]1CCCC[C@H]1C(=O)OC(C)C. The quantitative estimate of drug-likeness (QED) is 0.710. The van der Waals surface area contributed by atoms with E-state index in [0.717, 1.165) is 25.7 Å². The van der Waals surface area contributed by atoms with Crippen molar-refractivity contribution in [2.45, 2.75) is 52.6 Å². The molecule has 0 bridgehead atoms. The molecule has 1 aliphatic rings. The van der Waals surface area contributed by atoms with Crippen molar-refractivity contribution in [1.82, 2.24) is 0 Å². The van der Waals surface area contributed by atoms with Crippen molar-refractivity contribution >= 4 is 11.9 Å². The monoisotopic (exact) mass is 242 g/mol. The Balaban J connectivity index is 2.65. The van der Waals surface area contributed by atoms with Crippen molar-refractivity contribution < 1.29 is 19.1 Å². The molecule has 0 aromatic heterocycles. The number of hydrogen-bond donors (Lipinski definition) is 0. The summed E-state index contributed by atoms with van der Waals surface area (Å²) in [6.07, 6.45) is 3.29. The molecule has 0 amide bonds. The summed E-state index contributed by atoms with van der Waals surface area (Å²) in [5.74, 6) is -1.13. The van der Waals surface area contributed by atoms with Gasteiger partial charge in [-0.1, -0.05) is 12.8 Å². The van der Waals surface area contributed by atoms with Crippen LogP contribution in [0.4, 0.5) is 0 Å². The van der Waals surface area contributed by atoms with Gasteiger partial charge >= 0.3 is 11.9 Å². The van der Waals surface area contributed by atoms with Crippen LogP contribution in [0, 0.1) is 11.8 Å². The molecule has 0 aromatic rings. The van der Waals surface area contributed by atoms with Crippen LogP contribution in [0.3, 0.4) is 0 Å². The first kappa shape index (κ1) is 14.0. The Hall–Kier alpha value is -1.06. The van der Waals surface area contributed by atoms with Crippen molar-refractivity contribution in [2.24, 2.45) is 11.8 Å². The third kappa shape index (κ3) is 4.02. The van der Waals surface area contributed by atoms with E-state index in [-0.39, 0.29) is 29.9 Å². The zero-order chi connectivity index (χ0) is 12.8. The lowest BCUT2D eigenvalue weighted by molar-refractivity contribution is -0.164. The minimum atomic E-state index is -0.315. The highest BCUT2D eigenvalue weighted by Gasteiger charge is 2.37. The van der Waals surface area contributed by atoms with Gasteiger partial charge in [-0.05, 0) is 33.6 Å². The van der Waals surface area contributed by atoms with Crippen LogP contribution >= 0.6 is 0 Å². The fraction of sp³-hybridized carbons (Fsp3) is 0.846. The molecule has 0 aromatic carbocycles. The highest BCUT2D eigenvalue weighted by molar-refractivity contribution is 5.82. The normalized spacial score (nSPS) is 24.5. The molecule has 17 heavy (non-hydrogen) atoms. The number of rotatable bonds is 4. The second kappa shape index (κ2) is 6.62. The molecule has 4 nitrogen and oxygen atoms in total. The fourth-order valence-corrected chi connectivity index (χ4v) is 2.26. The number of carbonyl (C=O) groups is 2. The second-order valence-corrected chi connectivity index (χ2v) is 4.74. The van der Waals surface area contributed by atoms with Gasteiger partial charge in [0.25, 0.3) is 0 Å². The Morgan fingerprint density at radius 3 is 2.12 bits per heavy atom. The Bertz CT molecular complexity index is 273. The number of ether oxygens (including phenoxy) is 2. The molecule has 0 saturated heterocycles. The van der Waals surface area contributed by atoms with Gasteiger partial charge in [0.15, 0.2) is 0 Å². The van der Waals surface area contributed by atoms with Gasteiger partial charge in [-0.2, -0.15) is 0 Å². The van der Waals surface area contributed by atoms with Crippen molar-refractivity contribution in [2.75, 3.05) is 6.61 Å². The van der Waals surface area contributed by atoms with Gasteiger partial charge in [0, 0.05) is 0 Å². The summed E-state index contributed by atoms with van der Waals surface area (Å²) in [4.78, 5) is 23.7. The van der Waals surface area contributed by atoms with Crippen molar-refractivity contribution in [1.29, 1.82) is 0 Å². The molecule has 4 heteroatoms. The predicted molar refractivity (Wildman–Crippen MR) is 63.3 cm³/mol. The molecule has 0 N–H and O–H groups in total. The van der Waals surface area contributed by atoms with Crippen LogP contribution in [0.1, 0.15) is 46.5 Å². The van der Waals surface area contributed by atoms with Gasteiger partial charge in [-0.25, -0.2) is 0 Å². The van der Waals surface area contributed by atoms with Gasteiger partial charge in [0.2, 0.25) is 0 Å². The third-order valence-electron chi connectivity index (χ3n) is 3.01. The first-order valence-corrected chi connectivity index (χ1v) is 6.43. The van der Waals surface area contributed by atoms with E-state index in [1.807, 2.05) is 13.8 Å².